The van der Waals surface area contributed by atoms with E-state index in [1.165, 1.54) is 18.4 Å². The molecule has 64 valence electrons. The van der Waals surface area contributed by atoms with E-state index in [0.29, 0.717) is 0 Å². The zero-order valence-corrected chi connectivity index (χ0v) is 7.50. The Labute approximate surface area is 77.4 Å². The van der Waals surface area contributed by atoms with Gasteiger partial charge < -0.3 is 0 Å². The summed E-state index contributed by atoms with van der Waals surface area (Å²) in [6, 6.07) is 10.8. The molecule has 0 spiro atoms. The zero-order chi connectivity index (χ0) is 8.81. The van der Waals surface area contributed by atoms with Crippen molar-refractivity contribution >= 4 is 17.3 Å². The molecular weight excluding hydrogens is 172 g/mol. The molecule has 0 heterocycles. The number of carbonyl (C=O) groups excluding carboxylic acids is 1. The molecule has 0 radical (unpaired) electrons. The van der Waals surface area contributed by atoms with E-state index in [1.54, 1.807) is 0 Å². The molecule has 0 unspecified atom stereocenters. The first kappa shape index (κ1) is 9.27. The predicted octanol–water partition coefficient (Wildman–Crippen LogP) is 2.98. The monoisotopic (exact) mass is 182 g/mol. The molecule has 1 aromatic carbocycles. The van der Waals surface area contributed by atoms with Gasteiger partial charge in [-0.1, -0.05) is 30.3 Å². The van der Waals surface area contributed by atoms with Crippen molar-refractivity contribution in [3.8, 4) is 0 Å². The van der Waals surface area contributed by atoms with Gasteiger partial charge in [-0.2, -0.15) is 0 Å². The molecule has 0 bridgehead atoms. The summed E-state index contributed by atoms with van der Waals surface area (Å²) in [4.78, 5) is 8.57. The van der Waals surface area contributed by atoms with Crippen LogP contribution < -0.4 is 0 Å². The van der Waals surface area contributed by atoms with Crippen LogP contribution in [-0.4, -0.2) is 5.75 Å². The minimum absolute atomic E-state index is 0.222. The van der Waals surface area contributed by atoms with Gasteiger partial charge in [0.05, 0.1) is 0 Å². The van der Waals surface area contributed by atoms with E-state index in [0.717, 1.165) is 5.92 Å². The second-order valence-corrected chi connectivity index (χ2v) is 2.95. The van der Waals surface area contributed by atoms with Crippen LogP contribution in [0.15, 0.2) is 30.3 Å². The van der Waals surface area contributed by atoms with E-state index in [1.807, 2.05) is 0 Å². The van der Waals surface area contributed by atoms with Crippen LogP contribution in [0.3, 0.4) is 0 Å². The van der Waals surface area contributed by atoms with Crippen molar-refractivity contribution < 1.29 is 4.79 Å². The van der Waals surface area contributed by atoms with Crippen LogP contribution in [0.25, 0.3) is 0 Å². The number of rotatable bonds is 1. The third-order valence-corrected chi connectivity index (χ3v) is 1.85. The Morgan fingerprint density at radius 3 is 2.17 bits per heavy atom. The van der Waals surface area contributed by atoms with Crippen LogP contribution in [0.2, 0.25) is 0 Å². The summed E-state index contributed by atoms with van der Waals surface area (Å²) in [6.45, 7) is 0. The Hall–Kier alpha value is -0.820. The summed E-state index contributed by atoms with van der Waals surface area (Å²) in [6.07, 6.45) is 2.81. The van der Waals surface area contributed by atoms with Gasteiger partial charge in [0.15, 0.2) is 0 Å². The summed E-state index contributed by atoms with van der Waals surface area (Å²) in [7, 11) is 0. The number of hydrogen-bond acceptors (Lipinski definition) is 1. The zero-order valence-electron chi connectivity index (χ0n) is 6.74. The molecule has 1 aliphatic rings. The minimum atomic E-state index is 0.222. The van der Waals surface area contributed by atoms with E-state index < -0.39 is 0 Å². The molecule has 2 heteroatoms. The molecule has 2 rings (SSSR count). The first-order valence-corrected chi connectivity index (χ1v) is 4.41. The van der Waals surface area contributed by atoms with Crippen LogP contribution in [0, 0.1) is 0 Å². The van der Waals surface area contributed by atoms with Crippen LogP contribution >= 0.6 is 11.6 Å². The van der Waals surface area contributed by atoms with Crippen molar-refractivity contribution in [2.75, 3.05) is 0 Å². The molecule has 1 nitrogen and oxygen atoms in total. The molecule has 0 aromatic heterocycles. The van der Waals surface area contributed by atoms with Crippen molar-refractivity contribution in [1.29, 1.82) is 0 Å². The Bertz CT molecular complexity index is 229. The maximum Gasteiger partial charge on any atom is 0.208 e. The van der Waals surface area contributed by atoms with E-state index in [4.69, 9.17) is 4.79 Å². The first-order valence-electron chi connectivity index (χ1n) is 3.97. The Balaban J connectivity index is 0.000000213. The van der Waals surface area contributed by atoms with Gasteiger partial charge in [0.1, 0.15) is 0 Å². The minimum Gasteiger partial charge on any atom is -0.285 e. The highest BCUT2D eigenvalue weighted by Gasteiger charge is 2.22. The molecular formula is C10H11ClO. The van der Waals surface area contributed by atoms with Gasteiger partial charge in [0, 0.05) is 0 Å². The molecule has 1 saturated carbocycles. The quantitative estimate of drug-likeness (QED) is 0.482. The Kier molecular flexibility index (Phi) is 3.81. The second kappa shape index (κ2) is 4.94. The van der Waals surface area contributed by atoms with E-state index in [2.05, 4.69) is 41.9 Å². The maximum atomic E-state index is 8.57. The van der Waals surface area contributed by atoms with Crippen molar-refractivity contribution in [3.63, 3.8) is 0 Å². The van der Waals surface area contributed by atoms with E-state index >= 15 is 0 Å². The second-order valence-electron chi connectivity index (χ2n) is 2.77. The van der Waals surface area contributed by atoms with Crippen LogP contribution in [0.5, 0.6) is 0 Å². The van der Waals surface area contributed by atoms with Crippen LogP contribution in [0.1, 0.15) is 24.3 Å². The third-order valence-electron chi connectivity index (χ3n) is 1.85. The number of benzene rings is 1. The molecule has 0 aliphatic heterocycles. The van der Waals surface area contributed by atoms with Gasteiger partial charge in [-0.25, -0.2) is 0 Å². The van der Waals surface area contributed by atoms with Gasteiger partial charge >= 0.3 is 0 Å². The largest absolute Gasteiger partial charge is 0.285 e. The lowest BCUT2D eigenvalue weighted by atomic mass is 10.1. The molecule has 0 N–H and O–H groups in total. The molecule has 12 heavy (non-hydrogen) atoms. The fourth-order valence-corrected chi connectivity index (χ4v) is 1.14. The van der Waals surface area contributed by atoms with Gasteiger partial charge in [0.25, 0.3) is 0 Å². The van der Waals surface area contributed by atoms with Crippen molar-refractivity contribution in [2.24, 2.45) is 0 Å². The number of halogens is 1. The summed E-state index contributed by atoms with van der Waals surface area (Å²) in [5.41, 5.74) is 1.53. The lowest BCUT2D eigenvalue weighted by Crippen LogP contribution is -1.73. The van der Waals surface area contributed by atoms with E-state index in [9.17, 15) is 0 Å². The summed E-state index contributed by atoms with van der Waals surface area (Å²) >= 11 is 4.32. The lowest BCUT2D eigenvalue weighted by molar-refractivity contribution is 0.569. The molecule has 1 aliphatic carbocycles. The number of hydrogen-bond donors (Lipinski definition) is 0. The van der Waals surface area contributed by atoms with Gasteiger partial charge in [-0.05, 0) is 35.9 Å². The highest BCUT2D eigenvalue weighted by atomic mass is 35.5. The van der Waals surface area contributed by atoms with E-state index in [-0.39, 0.29) is 5.75 Å². The van der Waals surface area contributed by atoms with Gasteiger partial charge in [-0.15, -0.1) is 0 Å². The molecule has 1 fully saturated rings. The third kappa shape index (κ3) is 3.05. The highest BCUT2D eigenvalue weighted by molar-refractivity contribution is 6.54. The first-order chi connectivity index (χ1) is 5.88. The average Bonchev–Trinajstić information content (AvgIpc) is 2.90. The number of carbonyl (C=O) groups is 1. The molecule has 0 saturated heterocycles. The predicted molar refractivity (Wildman–Crippen MR) is 51.0 cm³/mol. The van der Waals surface area contributed by atoms with Crippen molar-refractivity contribution in [2.45, 2.75) is 18.8 Å². The van der Waals surface area contributed by atoms with Crippen molar-refractivity contribution in [1.82, 2.24) is 0 Å². The smallest absolute Gasteiger partial charge is 0.208 e. The Morgan fingerprint density at radius 2 is 1.75 bits per heavy atom. The highest BCUT2D eigenvalue weighted by Crippen LogP contribution is 2.39. The SMILES string of the molecule is O=CCl.c1ccc(C2CC2)cc1. The summed E-state index contributed by atoms with van der Waals surface area (Å²) in [5, 5.41) is 0. The summed E-state index contributed by atoms with van der Waals surface area (Å²) in [5.74, 6) is 1.13. The van der Waals surface area contributed by atoms with Crippen LogP contribution in [0.4, 0.5) is 0 Å². The molecule has 0 atom stereocenters. The fraction of sp³-hybridized carbons (Fsp3) is 0.300. The maximum absolute atomic E-state index is 8.57. The summed E-state index contributed by atoms with van der Waals surface area (Å²) < 4.78 is 0. The average molecular weight is 183 g/mol. The molecule has 1 aromatic rings. The van der Waals surface area contributed by atoms with Crippen LogP contribution in [-0.2, 0) is 4.79 Å². The lowest BCUT2D eigenvalue weighted by Gasteiger charge is -1.92. The fourth-order valence-electron chi connectivity index (χ4n) is 1.14. The topological polar surface area (TPSA) is 17.1 Å². The van der Waals surface area contributed by atoms with Gasteiger partial charge in [-0.3, -0.25) is 4.79 Å². The molecule has 0 amide bonds. The van der Waals surface area contributed by atoms with Gasteiger partial charge in [0.2, 0.25) is 5.75 Å². The Morgan fingerprint density at radius 1 is 1.25 bits per heavy atom. The normalized spacial score (nSPS) is 14.4. The standard InChI is InChI=1S/C9H10.CHClO/c1-2-4-8(5-3-1)9-6-7-9;2-1-3/h1-5,9H,6-7H2;1H. The van der Waals surface area contributed by atoms with Crippen molar-refractivity contribution in [3.05, 3.63) is 35.9 Å².